The Labute approximate surface area is 355 Å². The molecule has 1 aliphatic heterocycles. The molecule has 1 saturated heterocycles. The third kappa shape index (κ3) is 15.1. The van der Waals surface area contributed by atoms with Crippen molar-refractivity contribution in [3.63, 3.8) is 0 Å². The Kier molecular flexibility index (Phi) is 22.7. The summed E-state index contributed by atoms with van der Waals surface area (Å²) in [7, 11) is 6.78. The summed E-state index contributed by atoms with van der Waals surface area (Å²) in [4.78, 5) is 73.9. The monoisotopic (exact) mass is 830 g/mol. The van der Waals surface area contributed by atoms with Crippen LogP contribution in [0.3, 0.4) is 0 Å². The van der Waals surface area contributed by atoms with Gasteiger partial charge in [-0.25, -0.2) is 4.79 Å². The molecule has 2 rings (SSSR count). The van der Waals surface area contributed by atoms with Crippen molar-refractivity contribution in [3.8, 4) is 0 Å². The van der Waals surface area contributed by atoms with Crippen molar-refractivity contribution in [2.75, 3.05) is 41.4 Å². The molecule has 59 heavy (non-hydrogen) atoms. The number of rotatable bonds is 27. The van der Waals surface area contributed by atoms with E-state index in [0.29, 0.717) is 19.4 Å². The highest BCUT2D eigenvalue weighted by atomic mass is 16.5. The van der Waals surface area contributed by atoms with Gasteiger partial charge >= 0.3 is 5.97 Å². The maximum atomic E-state index is 14.5. The molecule has 0 aromatic heterocycles. The molecule has 1 aliphatic rings. The summed E-state index contributed by atoms with van der Waals surface area (Å²) in [6, 6.07) is 5.93. The van der Waals surface area contributed by atoms with Gasteiger partial charge in [0.2, 0.25) is 23.6 Å². The molecule has 0 radical (unpaired) electrons. The number of aliphatic carboxylic acids is 1. The number of nitrogens with one attached hydrogen (secondary N) is 2. The number of methoxy groups -OCH3 is 2. The molecule has 4 amide bonds. The Balaban J connectivity index is 2.25. The average molecular weight is 830 g/mol. The van der Waals surface area contributed by atoms with Gasteiger partial charge in [0, 0.05) is 34.2 Å². The topological polar surface area (TPSA) is 158 Å². The van der Waals surface area contributed by atoms with Crippen molar-refractivity contribution in [2.45, 2.75) is 162 Å². The van der Waals surface area contributed by atoms with E-state index >= 15 is 0 Å². The second-order valence-corrected chi connectivity index (χ2v) is 17.5. The molecule has 1 aromatic rings. The van der Waals surface area contributed by atoms with E-state index in [1.807, 2.05) is 78.9 Å². The van der Waals surface area contributed by atoms with Crippen LogP contribution in [-0.4, -0.2) is 133 Å². The molecular formula is C46H79N5O8. The molecule has 0 bridgehead atoms. The minimum atomic E-state index is -1.14. The Morgan fingerprint density at radius 2 is 1.51 bits per heavy atom. The van der Waals surface area contributed by atoms with Crippen molar-refractivity contribution in [1.82, 2.24) is 25.3 Å². The van der Waals surface area contributed by atoms with Gasteiger partial charge in [-0.05, 0) is 56.2 Å². The quantitative estimate of drug-likeness (QED) is 0.0935. The lowest BCUT2D eigenvalue weighted by Gasteiger charge is -2.41. The fourth-order valence-corrected chi connectivity index (χ4v) is 8.75. The number of hydrogen-bond acceptors (Lipinski definition) is 8. The van der Waals surface area contributed by atoms with Crippen LogP contribution < -0.4 is 10.6 Å². The SMILES string of the molecule is CCCCCCCN(C)[C@H](C(=O)N[C@H](C(=O)N(C)[C@@H]([C@@H](C)CC)[C@@H](CC(=O)N1CCC[C@H]1[C@H](OC)[C@@H](C)C(=O)N[C@@H](Cc1ccccc1)C(=O)O)OC)C(C)C)C(C)C. The summed E-state index contributed by atoms with van der Waals surface area (Å²) in [5.74, 6) is -3.13. The largest absolute Gasteiger partial charge is 0.480 e. The first kappa shape index (κ1) is 51.6. The van der Waals surface area contributed by atoms with E-state index in [9.17, 15) is 29.1 Å². The van der Waals surface area contributed by atoms with Gasteiger partial charge in [0.1, 0.15) is 12.1 Å². The van der Waals surface area contributed by atoms with Crippen LogP contribution in [0.1, 0.15) is 119 Å². The highest BCUT2D eigenvalue weighted by Gasteiger charge is 2.43. The maximum absolute atomic E-state index is 14.5. The van der Waals surface area contributed by atoms with Gasteiger partial charge in [0.25, 0.3) is 0 Å². The predicted molar refractivity (Wildman–Crippen MR) is 233 cm³/mol. The summed E-state index contributed by atoms with van der Waals surface area (Å²) in [5.41, 5.74) is 0.787. The number of likely N-dealkylation sites (tertiary alicyclic amines) is 1. The minimum Gasteiger partial charge on any atom is -0.480 e. The van der Waals surface area contributed by atoms with Crippen LogP contribution in [0.25, 0.3) is 0 Å². The van der Waals surface area contributed by atoms with Gasteiger partial charge in [-0.2, -0.15) is 0 Å². The zero-order valence-electron chi connectivity index (χ0n) is 38.4. The van der Waals surface area contributed by atoms with E-state index in [4.69, 9.17) is 9.47 Å². The summed E-state index contributed by atoms with van der Waals surface area (Å²) in [5, 5.41) is 15.7. The normalized spacial score (nSPS) is 18.5. The highest BCUT2D eigenvalue weighted by molar-refractivity contribution is 5.90. The lowest BCUT2D eigenvalue weighted by Crippen LogP contribution is -2.60. The Bertz CT molecular complexity index is 1440. The number of likely N-dealkylation sites (N-methyl/N-ethyl adjacent to an activating group) is 2. The number of amides is 4. The van der Waals surface area contributed by atoms with E-state index < -0.39 is 54.2 Å². The average Bonchev–Trinajstić information content (AvgIpc) is 3.68. The van der Waals surface area contributed by atoms with Crippen molar-refractivity contribution in [1.29, 1.82) is 0 Å². The standard InChI is InChI=1S/C46H79N5O8/c1-13-15-16-17-21-26-49(9)40(31(5)6)44(54)48-39(30(3)4)45(55)50(10)41(32(7)14-2)37(58-11)29-38(52)51-27-22-25-36(51)42(59-12)33(8)43(53)47-35(46(56)57)28-34-23-19-18-20-24-34/h18-20,23-24,30-33,35-37,39-42H,13-17,21-22,25-29H2,1-12H3,(H,47,53)(H,48,54)(H,56,57)/t32-,33+,35-,36-,37+,39-,40-,41-,42+/m0/s1. The second-order valence-electron chi connectivity index (χ2n) is 17.5. The van der Waals surface area contributed by atoms with Gasteiger partial charge in [0.05, 0.1) is 42.7 Å². The number of nitrogens with zero attached hydrogens (tertiary/aromatic N) is 3. The summed E-state index contributed by atoms with van der Waals surface area (Å²) in [6.45, 7) is 17.2. The van der Waals surface area contributed by atoms with Crippen LogP contribution in [0.4, 0.5) is 0 Å². The Morgan fingerprint density at radius 1 is 0.864 bits per heavy atom. The number of unbranched alkanes of at least 4 members (excludes halogenated alkanes) is 4. The number of carbonyl (C=O) groups excluding carboxylic acids is 4. The van der Waals surface area contributed by atoms with E-state index in [1.54, 1.807) is 30.9 Å². The van der Waals surface area contributed by atoms with E-state index in [1.165, 1.54) is 26.4 Å². The fourth-order valence-electron chi connectivity index (χ4n) is 8.75. The number of carboxylic acids is 1. The number of hydrogen-bond donors (Lipinski definition) is 3. The van der Waals surface area contributed by atoms with E-state index in [0.717, 1.165) is 31.4 Å². The molecule has 9 atom stereocenters. The van der Waals surface area contributed by atoms with E-state index in [-0.39, 0.29) is 54.4 Å². The maximum Gasteiger partial charge on any atom is 0.326 e. The molecule has 336 valence electrons. The van der Waals surface area contributed by atoms with Crippen LogP contribution in [0.15, 0.2) is 30.3 Å². The third-order valence-corrected chi connectivity index (χ3v) is 12.4. The van der Waals surface area contributed by atoms with Crippen molar-refractivity contribution < 1.29 is 38.6 Å². The second kappa shape index (κ2) is 25.9. The predicted octanol–water partition coefficient (Wildman–Crippen LogP) is 5.79. The van der Waals surface area contributed by atoms with Crippen molar-refractivity contribution in [3.05, 3.63) is 35.9 Å². The molecule has 1 aromatic carbocycles. The molecule has 3 N–H and O–H groups in total. The molecule has 0 unspecified atom stereocenters. The van der Waals surface area contributed by atoms with Crippen LogP contribution in [0.5, 0.6) is 0 Å². The lowest BCUT2D eigenvalue weighted by atomic mass is 9.89. The molecule has 0 aliphatic carbocycles. The first-order valence-corrected chi connectivity index (χ1v) is 22.1. The van der Waals surface area contributed by atoms with Crippen LogP contribution in [-0.2, 0) is 39.9 Å². The van der Waals surface area contributed by atoms with Crippen LogP contribution >= 0.6 is 0 Å². The first-order valence-electron chi connectivity index (χ1n) is 22.1. The molecule has 13 heteroatoms. The molecule has 1 fully saturated rings. The van der Waals surface area contributed by atoms with Gasteiger partial charge in [-0.1, -0.05) is 118 Å². The summed E-state index contributed by atoms with van der Waals surface area (Å²) >= 11 is 0. The number of carbonyl (C=O) groups is 5. The zero-order valence-corrected chi connectivity index (χ0v) is 38.4. The summed E-state index contributed by atoms with van der Waals surface area (Å²) < 4.78 is 12.0. The number of ether oxygens (including phenoxy) is 2. The van der Waals surface area contributed by atoms with Gasteiger partial charge in [0.15, 0.2) is 0 Å². The van der Waals surface area contributed by atoms with Gasteiger partial charge in [-0.15, -0.1) is 0 Å². The Morgan fingerprint density at radius 3 is 2.05 bits per heavy atom. The van der Waals surface area contributed by atoms with Crippen LogP contribution in [0.2, 0.25) is 0 Å². The molecule has 0 saturated carbocycles. The molecular weight excluding hydrogens is 751 g/mol. The molecule has 0 spiro atoms. The third-order valence-electron chi connectivity index (χ3n) is 12.4. The Hall–Kier alpha value is -3.55. The zero-order chi connectivity index (χ0) is 44.4. The lowest BCUT2D eigenvalue weighted by molar-refractivity contribution is -0.148. The number of carboxylic acid groups (broad SMARTS) is 1. The fraction of sp³-hybridized carbons (Fsp3) is 0.761. The van der Waals surface area contributed by atoms with Crippen LogP contribution in [0, 0.1) is 23.7 Å². The number of benzene rings is 1. The van der Waals surface area contributed by atoms with Gasteiger partial charge in [-0.3, -0.25) is 24.1 Å². The van der Waals surface area contributed by atoms with Gasteiger partial charge < -0.3 is 35.0 Å². The van der Waals surface area contributed by atoms with Crippen molar-refractivity contribution in [2.24, 2.45) is 23.7 Å². The summed E-state index contributed by atoms with van der Waals surface area (Å²) in [6.07, 6.45) is 6.52. The highest BCUT2D eigenvalue weighted by Crippen LogP contribution is 2.30. The smallest absolute Gasteiger partial charge is 0.326 e. The first-order chi connectivity index (χ1) is 27.9. The minimum absolute atomic E-state index is 0.00796. The molecule has 13 nitrogen and oxygen atoms in total. The van der Waals surface area contributed by atoms with Crippen molar-refractivity contribution >= 4 is 29.6 Å². The molecule has 1 heterocycles. The van der Waals surface area contributed by atoms with E-state index in [2.05, 4.69) is 22.5 Å².